The molecule has 0 amide bonds. The fourth-order valence-corrected chi connectivity index (χ4v) is 2.04. The summed E-state index contributed by atoms with van der Waals surface area (Å²) in [5, 5.41) is 8.14. The Morgan fingerprint density at radius 1 is 1.29 bits per heavy atom. The van der Waals surface area contributed by atoms with E-state index in [1.54, 1.807) is 18.2 Å². The van der Waals surface area contributed by atoms with Crippen molar-refractivity contribution in [1.82, 2.24) is 0 Å². The number of para-hydroxylation sites is 1. The Labute approximate surface area is 102 Å². The number of sulfonamides is 1. The van der Waals surface area contributed by atoms with Crippen LogP contribution in [0.3, 0.4) is 0 Å². The van der Waals surface area contributed by atoms with E-state index in [9.17, 15) is 8.42 Å². The van der Waals surface area contributed by atoms with Crippen molar-refractivity contribution in [3.63, 3.8) is 0 Å². The van der Waals surface area contributed by atoms with E-state index in [4.69, 9.17) is 10.9 Å². The van der Waals surface area contributed by atoms with Crippen LogP contribution in [-0.4, -0.2) is 21.0 Å². The summed E-state index contributed by atoms with van der Waals surface area (Å²) in [6.07, 6.45) is 0. The molecule has 0 heterocycles. The summed E-state index contributed by atoms with van der Waals surface area (Å²) in [5.74, 6) is 0.323. The van der Waals surface area contributed by atoms with Crippen molar-refractivity contribution < 1.29 is 8.42 Å². The van der Waals surface area contributed by atoms with Crippen LogP contribution >= 0.6 is 0 Å². The molecule has 0 aliphatic carbocycles. The first-order valence-electron chi connectivity index (χ1n) is 5.43. The molecule has 1 atom stereocenters. The molecule has 1 aromatic rings. The summed E-state index contributed by atoms with van der Waals surface area (Å²) >= 11 is 0. The van der Waals surface area contributed by atoms with Crippen LogP contribution in [0.1, 0.15) is 13.8 Å². The number of hydrogen-bond acceptors (Lipinski definition) is 4. The van der Waals surface area contributed by atoms with E-state index in [0.29, 0.717) is 18.2 Å². The van der Waals surface area contributed by atoms with Gasteiger partial charge in [0.25, 0.3) is 0 Å². The fraction of sp³-hybridized carbons (Fsp3) is 0.455. The van der Waals surface area contributed by atoms with Crippen molar-refractivity contribution in [1.29, 1.82) is 0 Å². The summed E-state index contributed by atoms with van der Waals surface area (Å²) in [5.41, 5.74) is 6.37. The van der Waals surface area contributed by atoms with Gasteiger partial charge in [0.1, 0.15) is 4.90 Å². The molecule has 0 spiro atoms. The van der Waals surface area contributed by atoms with Crippen LogP contribution in [0.5, 0.6) is 0 Å². The highest BCUT2D eigenvalue weighted by molar-refractivity contribution is 7.89. The second-order valence-corrected chi connectivity index (χ2v) is 5.86. The zero-order chi connectivity index (χ0) is 13.1. The number of nitrogens with two attached hydrogens (primary N) is 2. The van der Waals surface area contributed by atoms with Gasteiger partial charge in [-0.25, -0.2) is 13.6 Å². The minimum Gasteiger partial charge on any atom is -0.382 e. The summed E-state index contributed by atoms with van der Waals surface area (Å²) in [6.45, 7) is 4.53. The molecular weight excluding hydrogens is 238 g/mol. The van der Waals surface area contributed by atoms with Gasteiger partial charge in [0.15, 0.2) is 0 Å². The maximum atomic E-state index is 11.3. The van der Waals surface area contributed by atoms with Crippen LogP contribution in [0, 0.1) is 5.92 Å². The molecule has 6 heteroatoms. The van der Waals surface area contributed by atoms with E-state index in [0.717, 1.165) is 0 Å². The van der Waals surface area contributed by atoms with Gasteiger partial charge in [0.05, 0.1) is 5.69 Å². The van der Waals surface area contributed by atoms with Gasteiger partial charge in [-0.15, -0.1) is 0 Å². The lowest BCUT2D eigenvalue weighted by molar-refractivity contribution is 0.511. The van der Waals surface area contributed by atoms with Crippen molar-refractivity contribution in [3.05, 3.63) is 24.3 Å². The van der Waals surface area contributed by atoms with Gasteiger partial charge in [0, 0.05) is 12.6 Å². The Hall–Kier alpha value is -1.11. The first-order chi connectivity index (χ1) is 7.82. The molecule has 0 fully saturated rings. The van der Waals surface area contributed by atoms with Crippen LogP contribution in [0.25, 0.3) is 0 Å². The third-order valence-corrected chi connectivity index (χ3v) is 3.55. The number of anilines is 1. The summed E-state index contributed by atoms with van der Waals surface area (Å²) in [6, 6.07) is 6.49. The molecule has 1 unspecified atom stereocenters. The summed E-state index contributed by atoms with van der Waals surface area (Å²) in [4.78, 5) is 0.0935. The lowest BCUT2D eigenvalue weighted by Crippen LogP contribution is -2.34. The van der Waals surface area contributed by atoms with Gasteiger partial charge in [-0.2, -0.15) is 0 Å². The quantitative estimate of drug-likeness (QED) is 0.724. The number of benzene rings is 1. The monoisotopic (exact) mass is 257 g/mol. The standard InChI is InChI=1S/C11H19N3O2S/c1-8(2)9(12)7-14-10-5-3-4-6-11(10)17(13,15)16/h3-6,8-9,14H,7,12H2,1-2H3,(H2,13,15,16). The Morgan fingerprint density at radius 3 is 2.41 bits per heavy atom. The Kier molecular flexibility index (Phi) is 4.50. The van der Waals surface area contributed by atoms with Crippen LogP contribution in [0.2, 0.25) is 0 Å². The SMILES string of the molecule is CC(C)C(N)CNc1ccccc1S(N)(=O)=O. The summed E-state index contributed by atoms with van der Waals surface area (Å²) in [7, 11) is -3.70. The highest BCUT2D eigenvalue weighted by atomic mass is 32.2. The zero-order valence-electron chi connectivity index (χ0n) is 10.1. The van der Waals surface area contributed by atoms with Crippen LogP contribution < -0.4 is 16.2 Å². The predicted octanol–water partition coefficient (Wildman–Crippen LogP) is 0.729. The van der Waals surface area contributed by atoms with Crippen LogP contribution in [0.4, 0.5) is 5.69 Å². The number of rotatable bonds is 5. The predicted molar refractivity (Wildman–Crippen MR) is 69.1 cm³/mol. The first kappa shape index (κ1) is 14.0. The average Bonchev–Trinajstić information content (AvgIpc) is 2.24. The van der Waals surface area contributed by atoms with E-state index in [1.807, 2.05) is 13.8 Å². The van der Waals surface area contributed by atoms with Crippen molar-refractivity contribution in [2.24, 2.45) is 16.8 Å². The fourth-order valence-electron chi connectivity index (χ4n) is 1.32. The van der Waals surface area contributed by atoms with Gasteiger partial charge in [-0.05, 0) is 18.1 Å². The van der Waals surface area contributed by atoms with Crippen LogP contribution in [0.15, 0.2) is 29.2 Å². The molecule has 0 aliphatic rings. The van der Waals surface area contributed by atoms with Gasteiger partial charge in [0.2, 0.25) is 10.0 Å². The van der Waals surface area contributed by atoms with Gasteiger partial charge >= 0.3 is 0 Å². The van der Waals surface area contributed by atoms with Gasteiger partial charge in [-0.1, -0.05) is 26.0 Å². The third-order valence-electron chi connectivity index (χ3n) is 2.58. The van der Waals surface area contributed by atoms with Crippen LogP contribution in [-0.2, 0) is 10.0 Å². The number of primary sulfonamides is 1. The Bertz CT molecular complexity index is 471. The highest BCUT2D eigenvalue weighted by Crippen LogP contribution is 2.19. The van der Waals surface area contributed by atoms with E-state index < -0.39 is 10.0 Å². The molecule has 1 rings (SSSR count). The van der Waals surface area contributed by atoms with Crippen molar-refractivity contribution in [2.75, 3.05) is 11.9 Å². The average molecular weight is 257 g/mol. The maximum Gasteiger partial charge on any atom is 0.240 e. The zero-order valence-corrected chi connectivity index (χ0v) is 10.9. The molecule has 0 radical (unpaired) electrons. The summed E-state index contributed by atoms with van der Waals surface area (Å²) < 4.78 is 22.7. The highest BCUT2D eigenvalue weighted by Gasteiger charge is 2.14. The molecule has 96 valence electrons. The molecule has 0 aliphatic heterocycles. The van der Waals surface area contributed by atoms with E-state index in [2.05, 4.69) is 5.32 Å². The lowest BCUT2D eigenvalue weighted by atomic mass is 10.1. The molecular formula is C11H19N3O2S. The lowest BCUT2D eigenvalue weighted by Gasteiger charge is -2.18. The van der Waals surface area contributed by atoms with Gasteiger partial charge in [-0.3, -0.25) is 0 Å². The largest absolute Gasteiger partial charge is 0.382 e. The minimum absolute atomic E-state index is 0.0384. The normalized spacial score (nSPS) is 13.7. The number of nitrogens with one attached hydrogen (secondary N) is 1. The van der Waals surface area contributed by atoms with E-state index >= 15 is 0 Å². The maximum absolute atomic E-state index is 11.3. The Morgan fingerprint density at radius 2 is 1.88 bits per heavy atom. The smallest absolute Gasteiger partial charge is 0.240 e. The molecule has 0 aromatic heterocycles. The topological polar surface area (TPSA) is 98.2 Å². The molecule has 0 bridgehead atoms. The Balaban J connectivity index is 2.85. The second kappa shape index (κ2) is 5.48. The van der Waals surface area contributed by atoms with Gasteiger partial charge < -0.3 is 11.1 Å². The molecule has 5 nitrogen and oxygen atoms in total. The number of hydrogen-bond donors (Lipinski definition) is 3. The molecule has 17 heavy (non-hydrogen) atoms. The first-order valence-corrected chi connectivity index (χ1v) is 6.98. The third kappa shape index (κ3) is 3.99. The van der Waals surface area contributed by atoms with Crippen molar-refractivity contribution in [3.8, 4) is 0 Å². The minimum atomic E-state index is -3.70. The van der Waals surface area contributed by atoms with Crippen molar-refractivity contribution in [2.45, 2.75) is 24.8 Å². The second-order valence-electron chi connectivity index (χ2n) is 4.33. The molecule has 5 N–H and O–H groups in total. The van der Waals surface area contributed by atoms with E-state index in [1.165, 1.54) is 6.07 Å². The molecule has 0 saturated carbocycles. The van der Waals surface area contributed by atoms with E-state index in [-0.39, 0.29) is 10.9 Å². The molecule has 0 saturated heterocycles. The van der Waals surface area contributed by atoms with Crippen molar-refractivity contribution >= 4 is 15.7 Å². The molecule has 1 aromatic carbocycles.